The fourth-order valence-corrected chi connectivity index (χ4v) is 6.14. The Hall–Kier alpha value is -5.67. The summed E-state index contributed by atoms with van der Waals surface area (Å²) in [7, 11) is 0. The summed E-state index contributed by atoms with van der Waals surface area (Å²) in [4.78, 5) is 118. The fourth-order valence-electron chi connectivity index (χ4n) is 6.14. The summed E-state index contributed by atoms with van der Waals surface area (Å²) in [5.41, 5.74) is 0.641. The molecule has 1 fully saturated rings. The zero-order valence-electron chi connectivity index (χ0n) is 35.1. The Morgan fingerprint density at radius 1 is 0.533 bits per heavy atom. The molecule has 9 amide bonds. The van der Waals surface area contributed by atoms with Gasteiger partial charge in [-0.2, -0.15) is 0 Å². The molecular weight excluding hydrogens is 786 g/mol. The Kier molecular flexibility index (Phi) is 21.1. The predicted octanol–water partition coefficient (Wildman–Crippen LogP) is -0.729. The van der Waals surface area contributed by atoms with Crippen LogP contribution in [0.4, 0.5) is 0 Å². The number of hydrogen-bond acceptors (Lipinski definition) is 12. The lowest BCUT2D eigenvalue weighted by molar-refractivity contribution is -0.163. The minimum atomic E-state index is -1.46. The van der Waals surface area contributed by atoms with E-state index in [-0.39, 0.29) is 76.9 Å². The minimum absolute atomic E-state index is 0.0127. The van der Waals surface area contributed by atoms with Crippen molar-refractivity contribution in [1.29, 1.82) is 0 Å². The fraction of sp³-hybridized carbons (Fsp3) is 0.615. The van der Waals surface area contributed by atoms with E-state index in [4.69, 9.17) is 0 Å². The van der Waals surface area contributed by atoms with Gasteiger partial charge in [-0.15, -0.1) is 0 Å². The summed E-state index contributed by atoms with van der Waals surface area (Å²) in [6.07, 6.45) is -0.547. The molecule has 334 valence electrons. The van der Waals surface area contributed by atoms with Crippen LogP contribution in [0.1, 0.15) is 92.1 Å². The van der Waals surface area contributed by atoms with Crippen LogP contribution in [-0.4, -0.2) is 140 Å². The van der Waals surface area contributed by atoms with Crippen LogP contribution in [0.15, 0.2) is 30.3 Å². The van der Waals surface area contributed by atoms with Gasteiger partial charge in [0.2, 0.25) is 53.2 Å². The number of hydroxylamine groups is 6. The molecule has 0 saturated carbocycles. The molecule has 0 bridgehead atoms. The molecule has 0 radical (unpaired) electrons. The van der Waals surface area contributed by atoms with Gasteiger partial charge in [0.1, 0.15) is 36.3 Å². The van der Waals surface area contributed by atoms with E-state index >= 15 is 0 Å². The first kappa shape index (κ1) is 50.5. The third-order valence-corrected chi connectivity index (χ3v) is 9.59. The number of amides is 9. The van der Waals surface area contributed by atoms with E-state index < -0.39 is 89.4 Å². The standard InChI is InChI=1S/C39H61N9O12/c1-23(2)21-32-38(56)45-33(22-28-13-8-7-9-14-28)39(57)43-31(17-12-20-48(60)27(6)51)37(55)42-30(16-11-19-47(59)26(5)50)36(54)41-29(15-10-18-46(58)25(4)49)35(53)40-24(3)34(52)44-32/h7-9,13-14,23-24,29-33,58-60H,10-12,15-22H2,1-6H3,(H,40,53)(H,41,54)(H,42,55)(H,43,57)(H,44,52)(H,45,56). The first-order valence-corrected chi connectivity index (χ1v) is 20.0. The van der Waals surface area contributed by atoms with Crippen molar-refractivity contribution >= 4 is 53.2 Å². The van der Waals surface area contributed by atoms with Gasteiger partial charge in [0.15, 0.2) is 0 Å². The van der Waals surface area contributed by atoms with Crippen LogP contribution < -0.4 is 31.9 Å². The van der Waals surface area contributed by atoms with Gasteiger partial charge < -0.3 is 31.9 Å². The van der Waals surface area contributed by atoms with Crippen LogP contribution >= 0.6 is 0 Å². The van der Waals surface area contributed by atoms with Crippen LogP contribution in [0, 0.1) is 5.92 Å². The minimum Gasteiger partial charge on any atom is -0.343 e. The number of hydrogen-bond donors (Lipinski definition) is 9. The smallest absolute Gasteiger partial charge is 0.243 e. The Bertz CT molecular complexity index is 1660. The molecule has 21 nitrogen and oxygen atoms in total. The Balaban J connectivity index is 2.67. The maximum atomic E-state index is 14.1. The molecule has 0 aromatic heterocycles. The van der Waals surface area contributed by atoms with Crippen molar-refractivity contribution in [2.24, 2.45) is 5.92 Å². The predicted molar refractivity (Wildman–Crippen MR) is 212 cm³/mol. The van der Waals surface area contributed by atoms with Gasteiger partial charge in [-0.25, -0.2) is 15.2 Å². The van der Waals surface area contributed by atoms with E-state index in [1.54, 1.807) is 30.3 Å². The van der Waals surface area contributed by atoms with Gasteiger partial charge >= 0.3 is 0 Å². The number of rotatable bonds is 16. The molecule has 1 aromatic carbocycles. The second-order valence-corrected chi connectivity index (χ2v) is 15.2. The van der Waals surface area contributed by atoms with Gasteiger partial charge in [-0.05, 0) is 63.4 Å². The van der Waals surface area contributed by atoms with Crippen molar-refractivity contribution in [3.8, 4) is 0 Å². The summed E-state index contributed by atoms with van der Waals surface area (Å²) in [6.45, 7) is 7.63. The summed E-state index contributed by atoms with van der Waals surface area (Å²) < 4.78 is 0. The molecule has 2 rings (SSSR count). The normalized spacial score (nSPS) is 22.2. The van der Waals surface area contributed by atoms with Crippen LogP contribution in [0.2, 0.25) is 0 Å². The quantitative estimate of drug-likeness (QED) is 0.0736. The third kappa shape index (κ3) is 17.7. The number of nitrogens with one attached hydrogen (secondary N) is 6. The van der Waals surface area contributed by atoms with Crippen LogP contribution in [-0.2, 0) is 49.6 Å². The third-order valence-electron chi connectivity index (χ3n) is 9.59. The first-order chi connectivity index (χ1) is 28.2. The van der Waals surface area contributed by atoms with Crippen molar-refractivity contribution < 1.29 is 58.8 Å². The Morgan fingerprint density at radius 3 is 1.25 bits per heavy atom. The lowest BCUT2D eigenvalue weighted by atomic mass is 10.00. The molecule has 6 atom stereocenters. The topological polar surface area (TPSA) is 296 Å². The van der Waals surface area contributed by atoms with Crippen molar-refractivity contribution in [2.45, 2.75) is 129 Å². The van der Waals surface area contributed by atoms with Gasteiger partial charge in [-0.3, -0.25) is 58.8 Å². The lowest BCUT2D eigenvalue weighted by Gasteiger charge is -2.29. The number of carbonyl (C=O) groups is 9. The molecule has 1 heterocycles. The zero-order valence-corrected chi connectivity index (χ0v) is 35.1. The summed E-state index contributed by atoms with van der Waals surface area (Å²) in [5.74, 6) is -7.11. The number of nitrogens with zero attached hydrogens (tertiary/aromatic N) is 3. The summed E-state index contributed by atoms with van der Waals surface area (Å²) in [6, 6.07) is 0.647. The van der Waals surface area contributed by atoms with Gasteiger partial charge in [0.05, 0.1) is 0 Å². The van der Waals surface area contributed by atoms with Crippen LogP contribution in [0.25, 0.3) is 0 Å². The van der Waals surface area contributed by atoms with Crippen molar-refractivity contribution in [1.82, 2.24) is 47.1 Å². The van der Waals surface area contributed by atoms with E-state index in [1.807, 2.05) is 13.8 Å². The maximum Gasteiger partial charge on any atom is 0.243 e. The van der Waals surface area contributed by atoms with Gasteiger partial charge in [-0.1, -0.05) is 44.2 Å². The largest absolute Gasteiger partial charge is 0.343 e. The highest BCUT2D eigenvalue weighted by Gasteiger charge is 2.34. The average molecular weight is 848 g/mol. The first-order valence-electron chi connectivity index (χ1n) is 20.0. The summed E-state index contributed by atoms with van der Waals surface area (Å²) >= 11 is 0. The monoisotopic (exact) mass is 847 g/mol. The SMILES string of the molecule is CC(=O)N(O)CCCC1NC(=O)C(CCCN(O)C(C)=O)NC(=O)C(CCCN(O)C(C)=O)NC(=O)C(Cc2ccccc2)NC(=O)C(CC(C)C)NC(=O)C(C)NC1=O. The Labute approximate surface area is 349 Å². The second-order valence-electron chi connectivity index (χ2n) is 15.2. The van der Waals surface area contributed by atoms with Gasteiger partial charge in [0.25, 0.3) is 0 Å². The molecule has 0 spiro atoms. The molecule has 60 heavy (non-hydrogen) atoms. The molecule has 1 aliphatic heterocycles. The van der Waals surface area contributed by atoms with E-state index in [9.17, 15) is 58.8 Å². The highest BCUT2D eigenvalue weighted by molar-refractivity contribution is 5.98. The van der Waals surface area contributed by atoms with Crippen LogP contribution in [0.5, 0.6) is 0 Å². The summed E-state index contributed by atoms with van der Waals surface area (Å²) in [5, 5.41) is 46.8. The molecule has 1 aromatic rings. The van der Waals surface area contributed by atoms with E-state index in [1.165, 1.54) is 6.92 Å². The van der Waals surface area contributed by atoms with Crippen molar-refractivity contribution in [3.63, 3.8) is 0 Å². The molecule has 0 aliphatic carbocycles. The van der Waals surface area contributed by atoms with E-state index in [0.29, 0.717) is 20.8 Å². The van der Waals surface area contributed by atoms with E-state index in [2.05, 4.69) is 31.9 Å². The van der Waals surface area contributed by atoms with Crippen LogP contribution in [0.3, 0.4) is 0 Å². The maximum absolute atomic E-state index is 14.1. The highest BCUT2D eigenvalue weighted by Crippen LogP contribution is 2.12. The van der Waals surface area contributed by atoms with Gasteiger partial charge in [0, 0.05) is 46.8 Å². The van der Waals surface area contributed by atoms with Crippen molar-refractivity contribution in [2.75, 3.05) is 19.6 Å². The van der Waals surface area contributed by atoms with E-state index in [0.717, 1.165) is 20.8 Å². The molecule has 21 heteroatoms. The Morgan fingerprint density at radius 2 is 0.867 bits per heavy atom. The molecular formula is C39H61N9O12. The highest BCUT2D eigenvalue weighted by atomic mass is 16.5. The average Bonchev–Trinajstić information content (AvgIpc) is 3.18. The molecule has 1 saturated heterocycles. The molecule has 6 unspecified atom stereocenters. The molecule has 9 N–H and O–H groups in total. The van der Waals surface area contributed by atoms with Crippen molar-refractivity contribution in [3.05, 3.63) is 35.9 Å². The zero-order chi connectivity index (χ0) is 45.1. The lowest BCUT2D eigenvalue weighted by Crippen LogP contribution is -2.61. The second kappa shape index (κ2) is 25.1. The number of benzene rings is 1. The number of carbonyl (C=O) groups excluding carboxylic acids is 9. The molecule has 1 aliphatic rings.